The predicted molar refractivity (Wildman–Crippen MR) is 130 cm³/mol. The first-order chi connectivity index (χ1) is 16.3. The fourth-order valence-corrected chi connectivity index (χ4v) is 7.17. The van der Waals surface area contributed by atoms with E-state index in [4.69, 9.17) is 14.2 Å². The van der Waals surface area contributed by atoms with Gasteiger partial charge in [-0.05, 0) is 74.9 Å². The minimum absolute atomic E-state index is 0.0367. The van der Waals surface area contributed by atoms with Crippen LogP contribution in [0.4, 0.5) is 0 Å². The van der Waals surface area contributed by atoms with E-state index in [1.54, 1.807) is 21.3 Å². The minimum Gasteiger partial charge on any atom is -0.496 e. The number of carbonyl (C=O) groups excluding carboxylic acids is 1. The topological polar surface area (TPSA) is 68.2 Å². The number of methoxy groups -OCH3 is 3. The molecule has 0 amide bonds. The molecule has 0 aromatic heterocycles. The summed E-state index contributed by atoms with van der Waals surface area (Å²) >= 11 is 0. The fourth-order valence-electron chi connectivity index (χ4n) is 7.17. The van der Waals surface area contributed by atoms with E-state index in [9.17, 15) is 9.90 Å². The van der Waals surface area contributed by atoms with Crippen molar-refractivity contribution in [3.63, 3.8) is 0 Å². The lowest BCUT2D eigenvalue weighted by molar-refractivity contribution is -0.142. The van der Waals surface area contributed by atoms with Gasteiger partial charge < -0.3 is 19.3 Å². The molecule has 5 rings (SSSR count). The maximum Gasteiger partial charge on any atom is 0.154 e. The third kappa shape index (κ3) is 2.97. The van der Waals surface area contributed by atoms with Gasteiger partial charge in [0.25, 0.3) is 0 Å². The molecule has 0 saturated carbocycles. The van der Waals surface area contributed by atoms with Crippen molar-refractivity contribution in [3.05, 3.63) is 51.1 Å². The zero-order valence-corrected chi connectivity index (χ0v) is 21.2. The van der Waals surface area contributed by atoms with E-state index in [0.717, 1.165) is 45.9 Å². The Morgan fingerprint density at radius 1 is 1.00 bits per heavy atom. The smallest absolute Gasteiger partial charge is 0.154 e. The molecule has 2 aliphatic heterocycles. The summed E-state index contributed by atoms with van der Waals surface area (Å²) in [6.07, 6.45) is 1.37. The van der Waals surface area contributed by atoms with Crippen LogP contribution in [0.1, 0.15) is 50.9 Å². The molecule has 2 bridgehead atoms. The molecule has 0 radical (unpaired) electrons. The van der Waals surface area contributed by atoms with Crippen molar-refractivity contribution in [2.24, 2.45) is 11.8 Å². The molecular weight excluding hydrogens is 430 g/mol. The van der Waals surface area contributed by atoms with Crippen molar-refractivity contribution < 1.29 is 24.1 Å². The van der Waals surface area contributed by atoms with Gasteiger partial charge in [0.1, 0.15) is 17.2 Å². The number of aryl methyl sites for hydroxylation is 1. The van der Waals surface area contributed by atoms with E-state index in [0.29, 0.717) is 6.42 Å². The Morgan fingerprint density at radius 2 is 1.71 bits per heavy atom. The van der Waals surface area contributed by atoms with E-state index in [2.05, 4.69) is 37.9 Å². The number of fused-ring (bicyclic) bond motifs is 7. The van der Waals surface area contributed by atoms with Gasteiger partial charge in [-0.2, -0.15) is 0 Å². The highest BCUT2D eigenvalue weighted by Gasteiger charge is 2.56. The molecule has 1 saturated heterocycles. The highest BCUT2D eigenvalue weighted by atomic mass is 16.5. The molecule has 1 N–H and O–H groups in total. The standard InChI is InChI=1S/C28H35NO5/c1-13-8-16-9-19-24(20(12-30)23(16)28(34-7)14(13)2)26(31)21-10-18-17(25(19)29(21)4)11-22(32-5)15(3)27(18)33-6/h8,11,19-21,24-25,30H,9-10,12H2,1-7H3/t19-,20+,21+,24?,25-/m1/s1. The van der Waals surface area contributed by atoms with Gasteiger partial charge in [-0.3, -0.25) is 9.69 Å². The van der Waals surface area contributed by atoms with E-state index in [1.807, 2.05) is 6.92 Å². The van der Waals surface area contributed by atoms with Gasteiger partial charge in [0.05, 0.1) is 34.0 Å². The van der Waals surface area contributed by atoms with E-state index in [1.165, 1.54) is 16.7 Å². The quantitative estimate of drug-likeness (QED) is 0.743. The number of carbonyl (C=O) groups is 1. The molecule has 3 aliphatic rings. The van der Waals surface area contributed by atoms with Gasteiger partial charge in [0, 0.05) is 34.6 Å². The average molecular weight is 466 g/mol. The Bertz CT molecular complexity index is 1170. The van der Waals surface area contributed by atoms with Crippen LogP contribution in [0.3, 0.4) is 0 Å². The molecule has 2 aromatic rings. The molecule has 6 heteroatoms. The molecule has 5 atom stereocenters. The van der Waals surface area contributed by atoms with Crippen LogP contribution in [0.5, 0.6) is 17.2 Å². The van der Waals surface area contributed by atoms with Gasteiger partial charge >= 0.3 is 0 Å². The van der Waals surface area contributed by atoms with Gasteiger partial charge in [-0.25, -0.2) is 0 Å². The third-order valence-corrected chi connectivity index (χ3v) is 8.79. The number of nitrogens with zero attached hydrogens (tertiary/aromatic N) is 1. The molecule has 0 spiro atoms. The van der Waals surface area contributed by atoms with Crippen molar-refractivity contribution in [2.75, 3.05) is 35.0 Å². The zero-order chi connectivity index (χ0) is 24.5. The first-order valence-electron chi connectivity index (χ1n) is 12.1. The number of benzene rings is 2. The maximum absolute atomic E-state index is 14.1. The number of hydrogen-bond donors (Lipinski definition) is 1. The number of hydrogen-bond acceptors (Lipinski definition) is 6. The number of Topliss-reactive ketones (excluding diaryl/α,β-unsaturated/α-hetero) is 1. The molecule has 1 aliphatic carbocycles. The Labute approximate surface area is 201 Å². The first kappa shape index (κ1) is 23.2. The maximum atomic E-state index is 14.1. The van der Waals surface area contributed by atoms with Gasteiger partial charge in [-0.15, -0.1) is 0 Å². The van der Waals surface area contributed by atoms with Crippen LogP contribution in [-0.2, 0) is 17.6 Å². The predicted octanol–water partition coefficient (Wildman–Crippen LogP) is 3.68. The normalized spacial score (nSPS) is 27.5. The van der Waals surface area contributed by atoms with Crippen LogP contribution >= 0.6 is 0 Å². The van der Waals surface area contributed by atoms with Crippen molar-refractivity contribution in [1.82, 2.24) is 4.90 Å². The summed E-state index contributed by atoms with van der Waals surface area (Å²) in [5.74, 6) is 2.18. The van der Waals surface area contributed by atoms with Crippen molar-refractivity contribution in [3.8, 4) is 17.2 Å². The summed E-state index contributed by atoms with van der Waals surface area (Å²) < 4.78 is 17.4. The van der Waals surface area contributed by atoms with Crippen molar-refractivity contribution in [2.45, 2.75) is 51.6 Å². The Hall–Kier alpha value is -2.57. The van der Waals surface area contributed by atoms with Gasteiger partial charge in [0.15, 0.2) is 5.78 Å². The lowest BCUT2D eigenvalue weighted by Crippen LogP contribution is -2.60. The number of aliphatic hydroxyl groups excluding tert-OH is 1. The molecule has 34 heavy (non-hydrogen) atoms. The van der Waals surface area contributed by atoms with Crippen molar-refractivity contribution in [1.29, 1.82) is 0 Å². The second kappa shape index (κ2) is 8.28. The number of ketones is 1. The monoisotopic (exact) mass is 465 g/mol. The Kier molecular flexibility index (Phi) is 5.64. The molecule has 2 aromatic carbocycles. The highest BCUT2D eigenvalue weighted by Crippen LogP contribution is 2.57. The molecule has 1 fully saturated rings. The summed E-state index contributed by atoms with van der Waals surface area (Å²) in [6, 6.07) is 4.16. The molecule has 2 heterocycles. The van der Waals surface area contributed by atoms with E-state index in [-0.39, 0.29) is 42.2 Å². The number of piperidine rings is 1. The van der Waals surface area contributed by atoms with Crippen LogP contribution in [0, 0.1) is 32.6 Å². The molecular formula is C28H35NO5. The molecule has 6 nitrogen and oxygen atoms in total. The van der Waals surface area contributed by atoms with E-state index >= 15 is 0 Å². The summed E-state index contributed by atoms with van der Waals surface area (Å²) in [6.45, 7) is 6.08. The number of aliphatic hydroxyl groups is 1. The summed E-state index contributed by atoms with van der Waals surface area (Å²) in [5, 5.41) is 10.6. The fraction of sp³-hybridized carbons (Fsp3) is 0.536. The third-order valence-electron chi connectivity index (χ3n) is 8.79. The average Bonchev–Trinajstić information content (AvgIpc) is 2.82. The lowest BCUT2D eigenvalue weighted by Gasteiger charge is -2.55. The first-order valence-corrected chi connectivity index (χ1v) is 12.1. The summed E-state index contributed by atoms with van der Waals surface area (Å²) in [5.41, 5.74) is 7.70. The summed E-state index contributed by atoms with van der Waals surface area (Å²) in [4.78, 5) is 16.3. The number of rotatable bonds is 4. The second-order valence-electron chi connectivity index (χ2n) is 10.1. The second-order valence-corrected chi connectivity index (χ2v) is 10.1. The molecule has 1 unspecified atom stereocenters. The van der Waals surface area contributed by atoms with Crippen LogP contribution < -0.4 is 14.2 Å². The van der Waals surface area contributed by atoms with Crippen LogP contribution in [0.25, 0.3) is 0 Å². The van der Waals surface area contributed by atoms with Crippen LogP contribution in [0.2, 0.25) is 0 Å². The lowest BCUT2D eigenvalue weighted by atomic mass is 9.58. The highest BCUT2D eigenvalue weighted by molar-refractivity contribution is 5.90. The van der Waals surface area contributed by atoms with Gasteiger partial charge in [-0.1, -0.05) is 6.07 Å². The number of ether oxygens (including phenoxy) is 3. The van der Waals surface area contributed by atoms with Crippen LogP contribution in [0.15, 0.2) is 12.1 Å². The largest absolute Gasteiger partial charge is 0.496 e. The SMILES string of the molecule is COc1cc2c(c(OC)c1C)C[C@H]1C(=O)C3[C@@H](Cc4cc(C)c(C)c(OC)c4[C@@H]3CO)[C@@H]2N1C. The molecule has 182 valence electrons. The van der Waals surface area contributed by atoms with Crippen LogP contribution in [-0.4, -0.2) is 56.8 Å². The van der Waals surface area contributed by atoms with E-state index < -0.39 is 0 Å². The number of likely N-dealkylation sites (N-methyl/N-ethyl adjacent to an activating group) is 1. The van der Waals surface area contributed by atoms with Crippen molar-refractivity contribution >= 4 is 5.78 Å². The Morgan fingerprint density at radius 3 is 2.32 bits per heavy atom. The Balaban J connectivity index is 1.74. The van der Waals surface area contributed by atoms with Gasteiger partial charge in [0.2, 0.25) is 0 Å². The zero-order valence-electron chi connectivity index (χ0n) is 21.2. The summed E-state index contributed by atoms with van der Waals surface area (Å²) in [7, 11) is 7.13. The minimum atomic E-state index is -0.273.